The quantitative estimate of drug-likeness (QED) is 0.411. The average Bonchev–Trinajstić information content (AvgIpc) is 0. The fourth-order valence-corrected chi connectivity index (χ4v) is 0. The van der Waals surface area contributed by atoms with Crippen molar-refractivity contribution in [3.8, 4) is 0 Å². The van der Waals surface area contributed by atoms with Crippen molar-refractivity contribution in [2.75, 3.05) is 0 Å². The van der Waals surface area contributed by atoms with Crippen molar-refractivity contribution in [1.82, 2.24) is 0 Å². The smallest absolute Gasteiger partial charge is 0 e. The van der Waals surface area contributed by atoms with E-state index in [9.17, 15) is 0 Å². The van der Waals surface area contributed by atoms with Crippen LogP contribution in [0, 0.1) is 0 Å². The molecule has 0 saturated heterocycles. The second-order valence-electron chi connectivity index (χ2n) is 0. The summed E-state index contributed by atoms with van der Waals surface area (Å²) in [4.78, 5) is 0. The molecule has 0 aromatic rings. The minimum Gasteiger partial charge on any atom is 0 e. The fraction of sp³-hybridized carbons (Fsp3) is 0. The van der Waals surface area contributed by atoms with E-state index >= 15 is 0 Å². The zero-order valence-corrected chi connectivity index (χ0v) is 6.61. The molecule has 0 rings (SSSR count). The molecule has 0 unspecified atom stereocenters. The first kappa shape index (κ1) is 37.4. The van der Waals surface area contributed by atoms with Crippen LogP contribution in [-0.2, 0) is 33.9 Å². The van der Waals surface area contributed by atoms with Crippen molar-refractivity contribution in [1.29, 1.82) is 0 Å². The predicted molar refractivity (Wildman–Crippen MR) is 11.5 cm³/mol. The van der Waals surface area contributed by atoms with Gasteiger partial charge < -0.3 is 0 Å². The van der Waals surface area contributed by atoms with Gasteiger partial charge >= 0.3 is 0 Å². The normalized spacial score (nSPS) is 0. The average molecular weight is 163 g/mol. The molecular formula is CrMgNiSi. The van der Waals surface area contributed by atoms with E-state index in [-0.39, 0.29) is 67.9 Å². The van der Waals surface area contributed by atoms with Gasteiger partial charge in [-0.25, -0.2) is 0 Å². The first-order valence-electron chi connectivity index (χ1n) is 0. The van der Waals surface area contributed by atoms with Gasteiger partial charge in [-0.1, -0.05) is 0 Å². The summed E-state index contributed by atoms with van der Waals surface area (Å²) in [5.41, 5.74) is 0. The molecule has 0 amide bonds. The molecule has 4 heteroatoms. The van der Waals surface area contributed by atoms with Gasteiger partial charge in [0.15, 0.2) is 0 Å². The molecule has 0 heterocycles. The van der Waals surface area contributed by atoms with Crippen molar-refractivity contribution in [2.24, 2.45) is 0 Å². The van der Waals surface area contributed by atoms with E-state index in [4.69, 9.17) is 0 Å². The van der Waals surface area contributed by atoms with Gasteiger partial charge in [0.05, 0.1) is 0 Å². The Morgan fingerprint density at radius 1 is 1.00 bits per heavy atom. The van der Waals surface area contributed by atoms with Crippen LogP contribution in [0.25, 0.3) is 0 Å². The maximum Gasteiger partial charge on any atom is 0 e. The fourth-order valence-electron chi connectivity index (χ4n) is 0. The summed E-state index contributed by atoms with van der Waals surface area (Å²) in [5, 5.41) is 0. The molecule has 0 nitrogen and oxygen atoms in total. The van der Waals surface area contributed by atoms with Crippen LogP contribution < -0.4 is 0 Å². The Bertz CT molecular complexity index is 8.00. The molecule has 0 aliphatic carbocycles. The Hall–Kier alpha value is 2.01. The molecular weight excluding hydrogens is 163 g/mol. The molecule has 6 radical (unpaired) electrons. The van der Waals surface area contributed by atoms with E-state index in [0.717, 1.165) is 0 Å². The molecule has 0 fully saturated rings. The number of hydrogen-bond acceptors (Lipinski definition) is 0. The van der Waals surface area contributed by atoms with Crippen LogP contribution in [0.1, 0.15) is 0 Å². The van der Waals surface area contributed by atoms with Crippen molar-refractivity contribution >= 4 is 34.0 Å². The van der Waals surface area contributed by atoms with Gasteiger partial charge in [0.25, 0.3) is 0 Å². The van der Waals surface area contributed by atoms with Crippen LogP contribution in [0.2, 0.25) is 0 Å². The van der Waals surface area contributed by atoms with Crippen LogP contribution in [0.4, 0.5) is 0 Å². The SMILES string of the molecule is [Cr].[Mg].[Ni].[Si]. The summed E-state index contributed by atoms with van der Waals surface area (Å²) in [6.45, 7) is 0. The molecule has 0 aromatic carbocycles. The molecule has 22 valence electrons. The molecule has 0 aliphatic heterocycles. The molecule has 0 saturated carbocycles. The van der Waals surface area contributed by atoms with Gasteiger partial charge in [-0.3, -0.25) is 0 Å². The monoisotopic (exact) mass is 162 g/mol. The minimum absolute atomic E-state index is 0. The second-order valence-corrected chi connectivity index (χ2v) is 0. The molecule has 4 heavy (non-hydrogen) atoms. The second kappa shape index (κ2) is 19.9. The topological polar surface area (TPSA) is 0 Å². The van der Waals surface area contributed by atoms with E-state index in [2.05, 4.69) is 0 Å². The van der Waals surface area contributed by atoms with E-state index in [1.165, 1.54) is 0 Å². The molecule has 0 bridgehead atoms. The number of hydrogen-bond donors (Lipinski definition) is 0. The van der Waals surface area contributed by atoms with E-state index in [1.807, 2.05) is 0 Å². The zero-order valence-electron chi connectivity index (χ0n) is 1.93. The summed E-state index contributed by atoms with van der Waals surface area (Å²) in [5.74, 6) is 0. The number of rotatable bonds is 0. The Morgan fingerprint density at radius 3 is 1.00 bits per heavy atom. The largest absolute Gasteiger partial charge is 0 e. The van der Waals surface area contributed by atoms with Crippen molar-refractivity contribution in [3.63, 3.8) is 0 Å². The van der Waals surface area contributed by atoms with Gasteiger partial charge in [0.2, 0.25) is 0 Å². The third-order valence-corrected chi connectivity index (χ3v) is 0. The standard InChI is InChI=1S/Cr.Mg.Ni.Si. The molecule has 0 N–H and O–H groups in total. The van der Waals surface area contributed by atoms with Gasteiger partial charge in [-0.05, 0) is 0 Å². The van der Waals surface area contributed by atoms with Crippen molar-refractivity contribution in [2.45, 2.75) is 0 Å². The van der Waals surface area contributed by atoms with Gasteiger partial charge in [-0.2, -0.15) is 0 Å². The predicted octanol–water partition coefficient (Wildman–Crippen LogP) is -0.767. The van der Waals surface area contributed by atoms with Gasteiger partial charge in [0.1, 0.15) is 0 Å². The summed E-state index contributed by atoms with van der Waals surface area (Å²) in [6.07, 6.45) is 0. The van der Waals surface area contributed by atoms with E-state index < -0.39 is 0 Å². The zero-order chi connectivity index (χ0) is 0. The Balaban J connectivity index is 0. The summed E-state index contributed by atoms with van der Waals surface area (Å²) < 4.78 is 0. The van der Waals surface area contributed by atoms with Crippen LogP contribution in [0.3, 0.4) is 0 Å². The van der Waals surface area contributed by atoms with Crippen LogP contribution >= 0.6 is 0 Å². The van der Waals surface area contributed by atoms with Gasteiger partial charge in [0, 0.05) is 67.9 Å². The Morgan fingerprint density at radius 2 is 1.00 bits per heavy atom. The van der Waals surface area contributed by atoms with E-state index in [1.54, 1.807) is 0 Å². The summed E-state index contributed by atoms with van der Waals surface area (Å²) >= 11 is 0. The molecule has 0 atom stereocenters. The van der Waals surface area contributed by atoms with Crippen molar-refractivity contribution in [3.05, 3.63) is 0 Å². The minimum atomic E-state index is 0. The van der Waals surface area contributed by atoms with E-state index in [0.29, 0.717) is 0 Å². The van der Waals surface area contributed by atoms with Crippen molar-refractivity contribution < 1.29 is 33.9 Å². The first-order chi connectivity index (χ1) is 0. The molecule has 0 aliphatic rings. The maximum atomic E-state index is 0. The third-order valence-electron chi connectivity index (χ3n) is 0. The molecule has 0 aromatic heterocycles. The Labute approximate surface area is 67.3 Å². The van der Waals surface area contributed by atoms with Gasteiger partial charge in [-0.15, -0.1) is 0 Å². The molecule has 0 spiro atoms. The first-order valence-corrected chi connectivity index (χ1v) is 0. The van der Waals surface area contributed by atoms with Crippen LogP contribution in [0.15, 0.2) is 0 Å². The summed E-state index contributed by atoms with van der Waals surface area (Å²) in [6, 6.07) is 0. The third kappa shape index (κ3) is 8.99. The maximum absolute atomic E-state index is 0. The van der Waals surface area contributed by atoms with Crippen LogP contribution in [-0.4, -0.2) is 34.0 Å². The Kier molecular flexibility index (Phi) is 186. The van der Waals surface area contributed by atoms with Crippen LogP contribution in [0.5, 0.6) is 0 Å². The summed E-state index contributed by atoms with van der Waals surface area (Å²) in [7, 11) is 0.